The van der Waals surface area contributed by atoms with Crippen molar-refractivity contribution in [3.63, 3.8) is 0 Å². The van der Waals surface area contributed by atoms with Gasteiger partial charge in [-0.1, -0.05) is 23.5 Å². The van der Waals surface area contributed by atoms with Crippen LogP contribution in [0.5, 0.6) is 17.2 Å². The minimum atomic E-state index is -0.175. The van der Waals surface area contributed by atoms with Gasteiger partial charge in [-0.2, -0.15) is 0 Å². The van der Waals surface area contributed by atoms with E-state index in [1.165, 1.54) is 32.7 Å². The number of methoxy groups -OCH3 is 3. The van der Waals surface area contributed by atoms with Crippen LogP contribution in [-0.2, 0) is 0 Å². The fourth-order valence-electron chi connectivity index (χ4n) is 2.70. The van der Waals surface area contributed by atoms with E-state index >= 15 is 0 Å². The van der Waals surface area contributed by atoms with Crippen molar-refractivity contribution in [3.05, 3.63) is 42.0 Å². The van der Waals surface area contributed by atoms with Crippen LogP contribution in [-0.4, -0.2) is 38.8 Å². The van der Waals surface area contributed by atoms with Gasteiger partial charge in [0.25, 0.3) is 5.91 Å². The summed E-state index contributed by atoms with van der Waals surface area (Å²) in [5, 5.41) is 0.660. The van der Waals surface area contributed by atoms with E-state index in [1.54, 1.807) is 17.0 Å². The first-order valence-corrected chi connectivity index (χ1v) is 8.92. The number of rotatable bonds is 6. The van der Waals surface area contributed by atoms with Crippen LogP contribution >= 0.6 is 11.3 Å². The topological polar surface area (TPSA) is 60.9 Å². The van der Waals surface area contributed by atoms with Gasteiger partial charge in [0.05, 0.1) is 31.5 Å². The number of ether oxygens (including phenoxy) is 3. The van der Waals surface area contributed by atoms with Gasteiger partial charge in [0.1, 0.15) is 0 Å². The van der Waals surface area contributed by atoms with Crippen LogP contribution in [0.25, 0.3) is 10.2 Å². The van der Waals surface area contributed by atoms with Crippen LogP contribution in [0.3, 0.4) is 0 Å². The molecule has 0 aliphatic heterocycles. The number of fused-ring (bicyclic) bond motifs is 1. The minimum Gasteiger partial charge on any atom is -0.493 e. The summed E-state index contributed by atoms with van der Waals surface area (Å²) in [5.41, 5.74) is 1.32. The quantitative estimate of drug-likeness (QED) is 0.655. The molecular formula is C19H20N2O4S. The molecule has 0 fully saturated rings. The summed E-state index contributed by atoms with van der Waals surface area (Å²) in [6.45, 7) is 2.41. The third kappa shape index (κ3) is 3.17. The molecule has 0 saturated heterocycles. The largest absolute Gasteiger partial charge is 0.493 e. The third-order valence-electron chi connectivity index (χ3n) is 3.99. The number of hydrogen-bond acceptors (Lipinski definition) is 6. The third-order valence-corrected chi connectivity index (χ3v) is 5.05. The van der Waals surface area contributed by atoms with E-state index in [9.17, 15) is 4.79 Å². The van der Waals surface area contributed by atoms with Crippen molar-refractivity contribution in [1.29, 1.82) is 0 Å². The lowest BCUT2D eigenvalue weighted by Crippen LogP contribution is -2.30. The highest BCUT2D eigenvalue weighted by Gasteiger charge is 2.23. The van der Waals surface area contributed by atoms with Gasteiger partial charge in [0, 0.05) is 12.1 Å². The van der Waals surface area contributed by atoms with E-state index < -0.39 is 0 Å². The summed E-state index contributed by atoms with van der Waals surface area (Å²) >= 11 is 1.49. The Bertz CT molecular complexity index is 880. The molecule has 0 aliphatic carbocycles. The van der Waals surface area contributed by atoms with Gasteiger partial charge >= 0.3 is 0 Å². The maximum absolute atomic E-state index is 13.1. The molecule has 1 amide bonds. The second-order valence-corrected chi connectivity index (χ2v) is 6.44. The Hall–Kier alpha value is -2.80. The fraction of sp³-hybridized carbons (Fsp3) is 0.263. The smallest absolute Gasteiger partial charge is 0.260 e. The molecule has 0 saturated carbocycles. The molecule has 136 valence electrons. The normalized spacial score (nSPS) is 10.6. The van der Waals surface area contributed by atoms with Crippen molar-refractivity contribution < 1.29 is 19.0 Å². The highest BCUT2D eigenvalue weighted by Crippen LogP contribution is 2.39. The average Bonchev–Trinajstić information content (AvgIpc) is 3.10. The molecule has 3 rings (SSSR count). The maximum Gasteiger partial charge on any atom is 0.260 e. The van der Waals surface area contributed by atoms with Gasteiger partial charge in [-0.05, 0) is 31.2 Å². The molecule has 3 aromatic rings. The molecule has 2 aromatic carbocycles. The van der Waals surface area contributed by atoms with E-state index in [0.717, 1.165) is 10.2 Å². The van der Waals surface area contributed by atoms with Crippen LogP contribution in [0.4, 0.5) is 5.13 Å². The molecule has 0 spiro atoms. The number of hydrogen-bond donors (Lipinski definition) is 0. The molecule has 0 radical (unpaired) electrons. The van der Waals surface area contributed by atoms with Gasteiger partial charge in [-0.15, -0.1) is 0 Å². The minimum absolute atomic E-state index is 0.175. The van der Waals surface area contributed by atoms with Crippen LogP contribution in [0, 0.1) is 0 Å². The van der Waals surface area contributed by atoms with Gasteiger partial charge in [-0.3, -0.25) is 9.69 Å². The van der Waals surface area contributed by atoms with Crippen LogP contribution < -0.4 is 19.1 Å². The Morgan fingerprint density at radius 3 is 2.27 bits per heavy atom. The average molecular weight is 372 g/mol. The highest BCUT2D eigenvalue weighted by atomic mass is 32.1. The first-order chi connectivity index (χ1) is 12.6. The molecule has 1 aromatic heterocycles. The van der Waals surface area contributed by atoms with Gasteiger partial charge in [-0.25, -0.2) is 4.98 Å². The maximum atomic E-state index is 13.1. The molecule has 6 nitrogen and oxygen atoms in total. The molecule has 0 unspecified atom stereocenters. The molecule has 0 aliphatic rings. The Balaban J connectivity index is 2.03. The Kier molecular flexibility index (Phi) is 5.27. The van der Waals surface area contributed by atoms with Crippen molar-refractivity contribution in [1.82, 2.24) is 4.98 Å². The summed E-state index contributed by atoms with van der Waals surface area (Å²) in [5.74, 6) is 1.16. The number of anilines is 1. The number of para-hydroxylation sites is 1. The number of amides is 1. The van der Waals surface area contributed by atoms with Crippen molar-refractivity contribution in [2.75, 3.05) is 32.8 Å². The molecule has 7 heteroatoms. The zero-order valence-corrected chi connectivity index (χ0v) is 15.9. The SMILES string of the molecule is CCN(C(=O)c1cc(OC)c(OC)c(OC)c1)c1nc2ccccc2s1. The van der Waals surface area contributed by atoms with E-state index in [0.29, 0.717) is 34.5 Å². The first-order valence-electron chi connectivity index (χ1n) is 8.10. The monoisotopic (exact) mass is 372 g/mol. The van der Waals surface area contributed by atoms with Crippen molar-refractivity contribution in [2.24, 2.45) is 0 Å². The summed E-state index contributed by atoms with van der Waals surface area (Å²) < 4.78 is 17.1. The Labute approximate surface area is 155 Å². The number of aromatic nitrogens is 1. The Morgan fingerprint density at radius 1 is 1.08 bits per heavy atom. The summed E-state index contributed by atoms with van der Waals surface area (Å²) in [6, 6.07) is 11.1. The van der Waals surface area contributed by atoms with E-state index in [2.05, 4.69) is 4.98 Å². The fourth-order valence-corrected chi connectivity index (χ4v) is 3.73. The second kappa shape index (κ2) is 7.61. The molecule has 0 atom stereocenters. The lowest BCUT2D eigenvalue weighted by molar-refractivity contribution is 0.0987. The molecule has 1 heterocycles. The molecular weight excluding hydrogens is 352 g/mol. The number of nitrogens with zero attached hydrogens (tertiary/aromatic N) is 2. The summed E-state index contributed by atoms with van der Waals surface area (Å²) in [7, 11) is 4.58. The van der Waals surface area contributed by atoms with E-state index in [-0.39, 0.29) is 5.91 Å². The van der Waals surface area contributed by atoms with E-state index in [1.807, 2.05) is 31.2 Å². The van der Waals surface area contributed by atoms with Crippen LogP contribution in [0.15, 0.2) is 36.4 Å². The molecule has 0 bridgehead atoms. The first kappa shape index (κ1) is 18.0. The second-order valence-electron chi connectivity index (χ2n) is 5.43. The van der Waals surface area contributed by atoms with Crippen molar-refractivity contribution >= 4 is 32.6 Å². The highest BCUT2D eigenvalue weighted by molar-refractivity contribution is 7.22. The molecule has 26 heavy (non-hydrogen) atoms. The van der Waals surface area contributed by atoms with Gasteiger partial charge < -0.3 is 14.2 Å². The summed E-state index contributed by atoms with van der Waals surface area (Å²) in [4.78, 5) is 19.4. The van der Waals surface area contributed by atoms with Crippen molar-refractivity contribution in [2.45, 2.75) is 6.92 Å². The van der Waals surface area contributed by atoms with Crippen LogP contribution in [0.2, 0.25) is 0 Å². The summed E-state index contributed by atoms with van der Waals surface area (Å²) in [6.07, 6.45) is 0. The molecule has 0 N–H and O–H groups in total. The van der Waals surface area contributed by atoms with E-state index in [4.69, 9.17) is 14.2 Å². The Morgan fingerprint density at radius 2 is 1.73 bits per heavy atom. The number of carbonyl (C=O) groups is 1. The number of benzene rings is 2. The van der Waals surface area contributed by atoms with Crippen LogP contribution in [0.1, 0.15) is 17.3 Å². The lowest BCUT2D eigenvalue weighted by atomic mass is 10.1. The zero-order chi connectivity index (χ0) is 18.7. The predicted octanol–water partition coefficient (Wildman–Crippen LogP) is 3.99. The van der Waals surface area contributed by atoms with Gasteiger partial charge in [0.2, 0.25) is 5.75 Å². The van der Waals surface area contributed by atoms with Crippen molar-refractivity contribution in [3.8, 4) is 17.2 Å². The zero-order valence-electron chi connectivity index (χ0n) is 15.1. The van der Waals surface area contributed by atoms with Gasteiger partial charge in [0.15, 0.2) is 16.6 Å². The number of carbonyl (C=O) groups excluding carboxylic acids is 1. The standard InChI is InChI=1S/C19H20N2O4S/c1-5-21(19-20-13-8-6-7-9-16(13)26-19)18(22)12-10-14(23-2)17(25-4)15(11-12)24-3/h6-11H,5H2,1-4H3. The number of thiazole rings is 1. The predicted molar refractivity (Wildman–Crippen MR) is 103 cm³/mol. The lowest BCUT2D eigenvalue weighted by Gasteiger charge is -2.19.